The number of benzene rings is 1. The zero-order valence-electron chi connectivity index (χ0n) is 9.93. The quantitative estimate of drug-likeness (QED) is 0.421. The van der Waals surface area contributed by atoms with Crippen LogP contribution in [0.4, 0.5) is 0 Å². The molecular weight excluding hydrogens is 224 g/mol. The Morgan fingerprint density at radius 3 is 1.82 bits per heavy atom. The highest BCUT2D eigenvalue weighted by molar-refractivity contribution is 6.45. The Morgan fingerprint density at radius 2 is 1.41 bits per heavy atom. The third-order valence-corrected chi connectivity index (χ3v) is 2.33. The van der Waals surface area contributed by atoms with Crippen molar-refractivity contribution in [3.63, 3.8) is 0 Å². The van der Waals surface area contributed by atoms with Crippen molar-refractivity contribution in [2.75, 3.05) is 21.3 Å². The highest BCUT2D eigenvalue weighted by atomic mass is 16.9. The van der Waals surface area contributed by atoms with Crippen molar-refractivity contribution in [2.45, 2.75) is 5.97 Å². The van der Waals surface area contributed by atoms with E-state index in [1.165, 1.54) is 33.5 Å². The molecule has 92 valence electrons. The molecule has 0 spiro atoms. The molecule has 1 rings (SSSR count). The summed E-state index contributed by atoms with van der Waals surface area (Å²) in [4.78, 5) is 23.8. The Hall–Kier alpha value is -1.56. The van der Waals surface area contributed by atoms with E-state index in [1.807, 2.05) is 0 Å². The molecule has 1 aromatic carbocycles. The van der Waals surface area contributed by atoms with Gasteiger partial charge in [-0.2, -0.15) is 0 Å². The van der Waals surface area contributed by atoms with Gasteiger partial charge in [-0.05, 0) is 0 Å². The number of hydrogen-bond donors (Lipinski definition) is 0. The first-order valence-electron chi connectivity index (χ1n) is 4.91. The lowest BCUT2D eigenvalue weighted by atomic mass is 10.1. The SMILES string of the molecule is COC(OC)(OC)C(=O)C(=O)c1ccccc1. The van der Waals surface area contributed by atoms with Crippen molar-refractivity contribution in [3.8, 4) is 0 Å². The summed E-state index contributed by atoms with van der Waals surface area (Å²) >= 11 is 0. The smallest absolute Gasteiger partial charge is 0.324 e. The van der Waals surface area contributed by atoms with Crippen LogP contribution >= 0.6 is 0 Å². The van der Waals surface area contributed by atoms with E-state index in [1.54, 1.807) is 18.2 Å². The molecule has 0 aliphatic heterocycles. The Labute approximate surface area is 99.3 Å². The van der Waals surface area contributed by atoms with Crippen LogP contribution in [0.3, 0.4) is 0 Å². The van der Waals surface area contributed by atoms with Gasteiger partial charge in [-0.15, -0.1) is 0 Å². The molecule has 0 unspecified atom stereocenters. The van der Waals surface area contributed by atoms with Crippen LogP contribution in [0.15, 0.2) is 30.3 Å². The van der Waals surface area contributed by atoms with Crippen LogP contribution in [-0.4, -0.2) is 38.9 Å². The minimum atomic E-state index is -1.98. The number of carbonyl (C=O) groups excluding carboxylic acids is 2. The van der Waals surface area contributed by atoms with Gasteiger partial charge >= 0.3 is 5.97 Å². The maximum Gasteiger partial charge on any atom is 0.354 e. The van der Waals surface area contributed by atoms with Crippen LogP contribution in [0, 0.1) is 0 Å². The van der Waals surface area contributed by atoms with Crippen LogP contribution in [0.5, 0.6) is 0 Å². The normalized spacial score (nSPS) is 11.2. The predicted molar refractivity (Wildman–Crippen MR) is 59.5 cm³/mol. The lowest BCUT2D eigenvalue weighted by Crippen LogP contribution is -2.48. The van der Waals surface area contributed by atoms with Crippen molar-refractivity contribution in [2.24, 2.45) is 0 Å². The topological polar surface area (TPSA) is 61.8 Å². The van der Waals surface area contributed by atoms with Crippen molar-refractivity contribution in [1.82, 2.24) is 0 Å². The number of rotatable bonds is 6. The Balaban J connectivity index is 3.01. The molecule has 0 aromatic heterocycles. The van der Waals surface area contributed by atoms with Crippen molar-refractivity contribution < 1.29 is 23.8 Å². The fourth-order valence-corrected chi connectivity index (χ4v) is 1.39. The fourth-order valence-electron chi connectivity index (χ4n) is 1.39. The third-order valence-electron chi connectivity index (χ3n) is 2.33. The number of Topliss-reactive ketones (excluding diaryl/α,β-unsaturated/α-hetero) is 2. The van der Waals surface area contributed by atoms with Gasteiger partial charge in [-0.1, -0.05) is 30.3 Å². The summed E-state index contributed by atoms with van der Waals surface area (Å²) in [6, 6.07) is 8.14. The van der Waals surface area contributed by atoms with Gasteiger partial charge in [0.2, 0.25) is 5.78 Å². The van der Waals surface area contributed by atoms with E-state index in [0.29, 0.717) is 0 Å². The van der Waals surface area contributed by atoms with Gasteiger partial charge < -0.3 is 14.2 Å². The summed E-state index contributed by atoms with van der Waals surface area (Å²) < 4.78 is 14.5. The molecule has 0 fully saturated rings. The molecule has 0 bridgehead atoms. The molecule has 0 N–H and O–H groups in total. The summed E-state index contributed by atoms with van der Waals surface area (Å²) in [5.74, 6) is -3.61. The average Bonchev–Trinajstić information content (AvgIpc) is 2.41. The molecule has 5 heteroatoms. The predicted octanol–water partition coefficient (Wildman–Crippen LogP) is 1.03. The van der Waals surface area contributed by atoms with Gasteiger partial charge in [-0.3, -0.25) is 9.59 Å². The van der Waals surface area contributed by atoms with Crippen molar-refractivity contribution >= 4 is 11.6 Å². The van der Waals surface area contributed by atoms with E-state index in [2.05, 4.69) is 0 Å². The van der Waals surface area contributed by atoms with Crippen LogP contribution in [0.25, 0.3) is 0 Å². The Kier molecular flexibility index (Phi) is 4.51. The van der Waals surface area contributed by atoms with Gasteiger partial charge in [-0.25, -0.2) is 0 Å². The van der Waals surface area contributed by atoms with Gasteiger partial charge in [0, 0.05) is 26.9 Å². The van der Waals surface area contributed by atoms with Crippen LogP contribution in [-0.2, 0) is 19.0 Å². The molecule has 0 aliphatic rings. The molecule has 0 radical (unpaired) electrons. The summed E-state index contributed by atoms with van der Waals surface area (Å²) in [6.45, 7) is 0. The molecular formula is C12H14O5. The van der Waals surface area contributed by atoms with E-state index in [9.17, 15) is 9.59 Å². The van der Waals surface area contributed by atoms with Crippen LogP contribution in [0.1, 0.15) is 10.4 Å². The first kappa shape index (κ1) is 13.5. The maximum atomic E-state index is 11.9. The summed E-state index contributed by atoms with van der Waals surface area (Å²) in [7, 11) is 3.68. The standard InChI is InChI=1S/C12H14O5/c1-15-12(16-2,17-3)11(14)10(13)9-7-5-4-6-8-9/h4-8H,1-3H3. The second kappa shape index (κ2) is 5.67. The van der Waals surface area contributed by atoms with Gasteiger partial charge in [0.25, 0.3) is 5.78 Å². The van der Waals surface area contributed by atoms with Crippen LogP contribution < -0.4 is 0 Å². The monoisotopic (exact) mass is 238 g/mol. The van der Waals surface area contributed by atoms with Crippen molar-refractivity contribution in [1.29, 1.82) is 0 Å². The largest absolute Gasteiger partial charge is 0.354 e. The van der Waals surface area contributed by atoms with E-state index >= 15 is 0 Å². The molecule has 0 atom stereocenters. The molecule has 0 amide bonds. The number of hydrogen-bond acceptors (Lipinski definition) is 5. The summed E-state index contributed by atoms with van der Waals surface area (Å²) in [6.07, 6.45) is 0. The van der Waals surface area contributed by atoms with Crippen molar-refractivity contribution in [3.05, 3.63) is 35.9 Å². The van der Waals surface area contributed by atoms with Gasteiger partial charge in [0.05, 0.1) is 0 Å². The molecule has 17 heavy (non-hydrogen) atoms. The second-order valence-corrected chi connectivity index (χ2v) is 3.19. The van der Waals surface area contributed by atoms with Gasteiger partial charge in [0.15, 0.2) is 0 Å². The molecule has 5 nitrogen and oxygen atoms in total. The third kappa shape index (κ3) is 2.58. The number of ether oxygens (including phenoxy) is 3. The molecule has 1 aromatic rings. The highest BCUT2D eigenvalue weighted by Crippen LogP contribution is 2.16. The van der Waals surface area contributed by atoms with E-state index in [-0.39, 0.29) is 5.56 Å². The number of carbonyl (C=O) groups is 2. The summed E-state index contributed by atoms with van der Waals surface area (Å²) in [5.41, 5.74) is 0.257. The first-order chi connectivity index (χ1) is 8.11. The minimum absolute atomic E-state index is 0.257. The molecule has 0 heterocycles. The summed E-state index contributed by atoms with van der Waals surface area (Å²) in [5, 5.41) is 0. The molecule has 0 saturated heterocycles. The zero-order valence-corrected chi connectivity index (χ0v) is 9.93. The Bertz CT molecular complexity index is 386. The Morgan fingerprint density at radius 1 is 0.941 bits per heavy atom. The fraction of sp³-hybridized carbons (Fsp3) is 0.333. The second-order valence-electron chi connectivity index (χ2n) is 3.19. The number of ketones is 2. The lowest BCUT2D eigenvalue weighted by molar-refractivity contribution is -0.322. The number of methoxy groups -OCH3 is 3. The van der Waals surface area contributed by atoms with E-state index in [4.69, 9.17) is 14.2 Å². The van der Waals surface area contributed by atoms with Crippen LogP contribution in [0.2, 0.25) is 0 Å². The molecule has 0 aliphatic carbocycles. The zero-order chi connectivity index (χ0) is 12.9. The maximum absolute atomic E-state index is 11.9. The van der Waals surface area contributed by atoms with E-state index in [0.717, 1.165) is 0 Å². The van der Waals surface area contributed by atoms with E-state index < -0.39 is 17.5 Å². The average molecular weight is 238 g/mol. The highest BCUT2D eigenvalue weighted by Gasteiger charge is 2.44. The molecule has 0 saturated carbocycles. The lowest BCUT2D eigenvalue weighted by Gasteiger charge is -2.25. The minimum Gasteiger partial charge on any atom is -0.324 e. The van der Waals surface area contributed by atoms with Gasteiger partial charge in [0.1, 0.15) is 0 Å². The first-order valence-corrected chi connectivity index (χ1v) is 4.91.